The van der Waals surface area contributed by atoms with E-state index < -0.39 is 5.60 Å². The third kappa shape index (κ3) is 4.14. The Morgan fingerprint density at radius 2 is 2.04 bits per heavy atom. The van der Waals surface area contributed by atoms with Crippen molar-refractivity contribution in [2.45, 2.75) is 45.3 Å². The van der Waals surface area contributed by atoms with Gasteiger partial charge in [-0.2, -0.15) is 0 Å². The van der Waals surface area contributed by atoms with Gasteiger partial charge in [-0.3, -0.25) is 4.79 Å². The fourth-order valence-electron chi connectivity index (χ4n) is 3.67. The van der Waals surface area contributed by atoms with Crippen molar-refractivity contribution in [3.63, 3.8) is 0 Å². The molecule has 1 amide bonds. The molecule has 0 unspecified atom stereocenters. The summed E-state index contributed by atoms with van der Waals surface area (Å²) in [5.74, 6) is 0.402. The van der Waals surface area contributed by atoms with Crippen LogP contribution in [-0.4, -0.2) is 40.7 Å². The first-order chi connectivity index (χ1) is 12.8. The summed E-state index contributed by atoms with van der Waals surface area (Å²) in [4.78, 5) is 14.4. The number of rotatable bonds is 6. The average Bonchev–Trinajstić information content (AvgIpc) is 2.95. The van der Waals surface area contributed by atoms with Crippen LogP contribution in [0.3, 0.4) is 0 Å². The predicted molar refractivity (Wildman–Crippen MR) is 103 cm³/mol. The van der Waals surface area contributed by atoms with E-state index in [1.54, 1.807) is 23.1 Å². The average molecular weight is 371 g/mol. The Bertz CT molecular complexity index is 836. The molecule has 27 heavy (non-hydrogen) atoms. The summed E-state index contributed by atoms with van der Waals surface area (Å²) in [6.07, 6.45) is 1.07. The van der Waals surface area contributed by atoms with Crippen molar-refractivity contribution in [2.24, 2.45) is 0 Å². The van der Waals surface area contributed by atoms with E-state index in [0.717, 1.165) is 11.3 Å². The number of nitrogens with zero attached hydrogens (tertiary/aromatic N) is 1. The zero-order valence-electron chi connectivity index (χ0n) is 16.0. The van der Waals surface area contributed by atoms with Crippen molar-refractivity contribution in [3.05, 3.63) is 65.0 Å². The molecule has 0 aliphatic carbocycles. The van der Waals surface area contributed by atoms with Gasteiger partial charge in [0.05, 0.1) is 6.61 Å². The van der Waals surface area contributed by atoms with Gasteiger partial charge < -0.3 is 14.7 Å². The van der Waals surface area contributed by atoms with Gasteiger partial charge in [-0.15, -0.1) is 0 Å². The van der Waals surface area contributed by atoms with Gasteiger partial charge in [0.2, 0.25) is 0 Å². The summed E-state index contributed by atoms with van der Waals surface area (Å²) >= 11 is 0. The molecule has 1 atom stereocenters. The van der Waals surface area contributed by atoms with Crippen LogP contribution in [0.15, 0.2) is 42.5 Å². The van der Waals surface area contributed by atoms with Crippen LogP contribution >= 0.6 is 0 Å². The number of fused-ring (bicyclic) bond motifs is 1. The smallest absolute Gasteiger partial charge is 0.254 e. The van der Waals surface area contributed by atoms with Gasteiger partial charge in [0.1, 0.15) is 17.2 Å². The van der Waals surface area contributed by atoms with E-state index in [9.17, 15) is 14.3 Å². The maximum Gasteiger partial charge on any atom is 0.254 e. The minimum absolute atomic E-state index is 0.000441. The number of carbonyl (C=O) groups excluding carboxylic acids is 1. The van der Waals surface area contributed by atoms with Gasteiger partial charge in [-0.1, -0.05) is 18.2 Å². The van der Waals surface area contributed by atoms with E-state index in [4.69, 9.17) is 4.74 Å². The van der Waals surface area contributed by atoms with Gasteiger partial charge in [0.15, 0.2) is 0 Å². The Balaban J connectivity index is 1.80. The Morgan fingerprint density at radius 3 is 2.70 bits per heavy atom. The van der Waals surface area contributed by atoms with E-state index in [-0.39, 0.29) is 24.4 Å². The molecule has 0 aromatic heterocycles. The van der Waals surface area contributed by atoms with Gasteiger partial charge >= 0.3 is 0 Å². The molecule has 2 aromatic rings. The van der Waals surface area contributed by atoms with Crippen molar-refractivity contribution in [3.8, 4) is 5.75 Å². The van der Waals surface area contributed by atoms with Crippen LogP contribution in [0.5, 0.6) is 5.75 Å². The highest BCUT2D eigenvalue weighted by Gasteiger charge is 2.36. The second-order valence-electron chi connectivity index (χ2n) is 7.64. The van der Waals surface area contributed by atoms with E-state index in [2.05, 4.69) is 0 Å². The summed E-state index contributed by atoms with van der Waals surface area (Å²) in [5.41, 5.74) is 1.61. The molecular weight excluding hydrogens is 345 g/mol. The Labute approximate surface area is 159 Å². The maximum absolute atomic E-state index is 14.0. The molecule has 2 aromatic carbocycles. The van der Waals surface area contributed by atoms with Gasteiger partial charge in [0, 0.05) is 31.0 Å². The number of aliphatic hydroxyl groups is 1. The van der Waals surface area contributed by atoms with Gasteiger partial charge in [0.25, 0.3) is 5.91 Å². The zero-order valence-corrected chi connectivity index (χ0v) is 16.0. The topological polar surface area (TPSA) is 49.8 Å². The number of hydrogen-bond acceptors (Lipinski definition) is 3. The maximum atomic E-state index is 14.0. The summed E-state index contributed by atoms with van der Waals surface area (Å²) in [6.45, 7) is 6.05. The predicted octanol–water partition coefficient (Wildman–Crippen LogP) is 3.60. The minimum Gasteiger partial charge on any atom is -0.487 e. The van der Waals surface area contributed by atoms with Crippen molar-refractivity contribution in [1.82, 2.24) is 4.90 Å². The van der Waals surface area contributed by atoms with E-state index in [1.165, 1.54) is 6.07 Å². The van der Waals surface area contributed by atoms with Crippen LogP contribution in [0.4, 0.5) is 4.39 Å². The second kappa shape index (κ2) is 7.69. The molecule has 0 saturated heterocycles. The molecule has 0 fully saturated rings. The molecule has 0 spiro atoms. The van der Waals surface area contributed by atoms with Crippen LogP contribution in [0, 0.1) is 5.82 Å². The number of hydrogen-bond donors (Lipinski definition) is 1. The van der Waals surface area contributed by atoms with Crippen LogP contribution in [0.2, 0.25) is 0 Å². The van der Waals surface area contributed by atoms with E-state index in [0.29, 0.717) is 30.5 Å². The third-order valence-electron chi connectivity index (χ3n) is 4.98. The quantitative estimate of drug-likeness (QED) is 0.844. The SMILES string of the molecule is CC(C)N(CCO)C(=O)c1ccc2c(c1)C[C@](C)(Cc1ccccc1F)O2. The summed E-state index contributed by atoms with van der Waals surface area (Å²) in [5, 5.41) is 9.22. The Kier molecular flexibility index (Phi) is 5.51. The minimum atomic E-state index is -0.547. The first-order valence-corrected chi connectivity index (χ1v) is 9.30. The highest BCUT2D eigenvalue weighted by Crippen LogP contribution is 2.38. The molecule has 0 radical (unpaired) electrons. The lowest BCUT2D eigenvalue weighted by atomic mass is 9.91. The van der Waals surface area contributed by atoms with E-state index in [1.807, 2.05) is 39.0 Å². The second-order valence-corrected chi connectivity index (χ2v) is 7.64. The molecule has 1 N–H and O–H groups in total. The molecule has 0 bridgehead atoms. The van der Waals surface area contributed by atoms with Crippen molar-refractivity contribution in [1.29, 1.82) is 0 Å². The lowest BCUT2D eigenvalue weighted by molar-refractivity contribution is 0.0665. The lowest BCUT2D eigenvalue weighted by Crippen LogP contribution is -2.39. The molecule has 144 valence electrons. The third-order valence-corrected chi connectivity index (χ3v) is 4.98. The summed E-state index contributed by atoms with van der Waals surface area (Å²) < 4.78 is 20.1. The molecule has 5 heteroatoms. The molecule has 1 aliphatic heterocycles. The zero-order chi connectivity index (χ0) is 19.6. The van der Waals surface area contributed by atoms with Crippen molar-refractivity contribution < 1.29 is 19.0 Å². The highest BCUT2D eigenvalue weighted by molar-refractivity contribution is 5.95. The molecule has 3 rings (SSSR count). The molecule has 0 saturated carbocycles. The summed E-state index contributed by atoms with van der Waals surface area (Å²) in [7, 11) is 0. The molecule has 4 nitrogen and oxygen atoms in total. The summed E-state index contributed by atoms with van der Waals surface area (Å²) in [6, 6.07) is 12.2. The van der Waals surface area contributed by atoms with Crippen molar-refractivity contribution in [2.75, 3.05) is 13.2 Å². The van der Waals surface area contributed by atoms with Gasteiger partial charge in [-0.05, 0) is 56.2 Å². The fraction of sp³-hybridized carbons (Fsp3) is 0.409. The fourth-order valence-corrected chi connectivity index (χ4v) is 3.67. The normalized spacial score (nSPS) is 18.3. The number of amides is 1. The number of aliphatic hydroxyl groups excluding tert-OH is 1. The number of benzene rings is 2. The lowest BCUT2D eigenvalue weighted by Gasteiger charge is -2.26. The molecular formula is C22H26FNO3. The van der Waals surface area contributed by atoms with Crippen LogP contribution < -0.4 is 4.74 Å². The Morgan fingerprint density at radius 1 is 1.30 bits per heavy atom. The van der Waals surface area contributed by atoms with Gasteiger partial charge in [-0.25, -0.2) is 4.39 Å². The van der Waals surface area contributed by atoms with Crippen LogP contribution in [0.25, 0.3) is 0 Å². The number of carbonyl (C=O) groups is 1. The standard InChI is InChI=1S/C22H26FNO3/c1-15(2)24(10-11-25)21(26)16-8-9-20-18(12-16)14-22(3,27-20)13-17-6-4-5-7-19(17)23/h4-9,12,15,25H,10-11,13-14H2,1-3H3/t22-/m0/s1. The van der Waals surface area contributed by atoms with Crippen LogP contribution in [0.1, 0.15) is 42.3 Å². The molecule has 1 heterocycles. The first-order valence-electron chi connectivity index (χ1n) is 9.30. The largest absolute Gasteiger partial charge is 0.487 e. The highest BCUT2D eigenvalue weighted by atomic mass is 19.1. The number of ether oxygens (including phenoxy) is 1. The van der Waals surface area contributed by atoms with Crippen molar-refractivity contribution >= 4 is 5.91 Å². The Hall–Kier alpha value is -2.40. The van der Waals surface area contributed by atoms with E-state index >= 15 is 0 Å². The monoisotopic (exact) mass is 371 g/mol. The number of halogens is 1. The first kappa shape index (κ1) is 19.4. The molecule has 1 aliphatic rings. The van der Waals surface area contributed by atoms with Crippen LogP contribution in [-0.2, 0) is 12.8 Å².